The average molecular weight is 397 g/mol. The molecule has 1 amide bonds. The summed E-state index contributed by atoms with van der Waals surface area (Å²) in [6.45, 7) is 0. The maximum atomic E-state index is 12.6. The minimum Gasteiger partial charge on any atom is -0.322 e. The van der Waals surface area contributed by atoms with Crippen molar-refractivity contribution in [1.29, 1.82) is 0 Å². The zero-order valence-electron chi connectivity index (χ0n) is 15.2. The van der Waals surface area contributed by atoms with E-state index in [9.17, 15) is 13.2 Å². The van der Waals surface area contributed by atoms with E-state index in [2.05, 4.69) is 20.8 Å². The van der Waals surface area contributed by atoms with Crippen LogP contribution in [-0.4, -0.2) is 40.8 Å². The molecule has 0 unspecified atom stereocenters. The van der Waals surface area contributed by atoms with Gasteiger partial charge in [-0.05, 0) is 53.1 Å². The van der Waals surface area contributed by atoms with Gasteiger partial charge in [0.2, 0.25) is 0 Å². The molecule has 144 valence electrons. The molecule has 0 radical (unpaired) electrons. The number of anilines is 1. The fourth-order valence-corrected chi connectivity index (χ4v) is 3.78. The molecule has 0 spiro atoms. The van der Waals surface area contributed by atoms with E-state index in [0.717, 1.165) is 18.4 Å². The third-order valence-corrected chi connectivity index (χ3v) is 5.24. The highest BCUT2D eigenvalue weighted by Crippen LogP contribution is 2.36. The first kappa shape index (κ1) is 18.3. The van der Waals surface area contributed by atoms with Crippen LogP contribution >= 0.6 is 0 Å². The second-order valence-electron chi connectivity index (χ2n) is 6.98. The molecule has 28 heavy (non-hydrogen) atoms. The lowest BCUT2D eigenvalue weighted by Crippen LogP contribution is -2.12. The fourth-order valence-electron chi connectivity index (χ4n) is 2.99. The van der Waals surface area contributed by atoms with Crippen LogP contribution in [0.15, 0.2) is 48.5 Å². The Balaban J connectivity index is 1.54. The van der Waals surface area contributed by atoms with E-state index in [1.165, 1.54) is 6.26 Å². The summed E-state index contributed by atoms with van der Waals surface area (Å²) in [6, 6.07) is 14.3. The first-order valence-corrected chi connectivity index (χ1v) is 10.9. The summed E-state index contributed by atoms with van der Waals surface area (Å²) in [6.07, 6.45) is 3.30. The normalized spacial score (nSPS) is 14.0. The van der Waals surface area contributed by atoms with Gasteiger partial charge in [-0.25, -0.2) is 13.1 Å². The maximum Gasteiger partial charge on any atom is 0.255 e. The number of sulfone groups is 1. The molecule has 1 saturated carbocycles. The van der Waals surface area contributed by atoms with E-state index in [1.54, 1.807) is 30.3 Å². The Morgan fingerprint density at radius 2 is 1.96 bits per heavy atom. The van der Waals surface area contributed by atoms with Gasteiger partial charge in [-0.15, -0.1) is 5.10 Å². The zero-order valence-corrected chi connectivity index (χ0v) is 16.1. The molecule has 8 nitrogen and oxygen atoms in total. The number of rotatable bonds is 6. The highest BCUT2D eigenvalue weighted by molar-refractivity contribution is 7.89. The Hall–Kier alpha value is -3.07. The number of carbonyl (C=O) groups is 1. The lowest BCUT2D eigenvalue weighted by molar-refractivity contribution is 0.102. The molecule has 1 aliphatic carbocycles. The third kappa shape index (κ3) is 4.25. The minimum atomic E-state index is -3.17. The highest BCUT2D eigenvalue weighted by Gasteiger charge is 2.28. The minimum absolute atomic E-state index is 0.104. The first-order valence-electron chi connectivity index (χ1n) is 8.85. The van der Waals surface area contributed by atoms with E-state index in [1.807, 2.05) is 22.9 Å². The summed E-state index contributed by atoms with van der Waals surface area (Å²) in [5.74, 6) is 0.260. The lowest BCUT2D eigenvalue weighted by Gasteiger charge is -2.09. The molecule has 1 aromatic heterocycles. The van der Waals surface area contributed by atoms with Gasteiger partial charge in [0.25, 0.3) is 5.91 Å². The van der Waals surface area contributed by atoms with E-state index < -0.39 is 9.84 Å². The number of benzene rings is 2. The van der Waals surface area contributed by atoms with Gasteiger partial charge < -0.3 is 5.32 Å². The summed E-state index contributed by atoms with van der Waals surface area (Å²) >= 11 is 0. The summed E-state index contributed by atoms with van der Waals surface area (Å²) < 4.78 is 24.8. The summed E-state index contributed by atoms with van der Waals surface area (Å²) in [5.41, 5.74) is 2.41. The van der Waals surface area contributed by atoms with Crippen molar-refractivity contribution in [2.45, 2.75) is 24.6 Å². The van der Waals surface area contributed by atoms with Crippen molar-refractivity contribution in [1.82, 2.24) is 20.2 Å². The molecule has 9 heteroatoms. The number of hydrogen-bond acceptors (Lipinski definition) is 6. The van der Waals surface area contributed by atoms with Crippen LogP contribution in [0.4, 0.5) is 5.69 Å². The SMILES string of the molecule is CS(=O)(=O)Cc1cccc(C(=O)Nc2cccc(-c3nnnn3C3CC3)c2)c1. The predicted octanol–water partition coefficient (Wildman–Crippen LogP) is 2.47. The van der Waals surface area contributed by atoms with Gasteiger partial charge >= 0.3 is 0 Å². The van der Waals surface area contributed by atoms with Crippen molar-refractivity contribution in [3.63, 3.8) is 0 Å². The Kier molecular flexibility index (Phi) is 4.68. The average Bonchev–Trinajstić information content (AvgIpc) is 3.37. The molecule has 3 aromatic rings. The van der Waals surface area contributed by atoms with Crippen molar-refractivity contribution in [2.75, 3.05) is 11.6 Å². The topological polar surface area (TPSA) is 107 Å². The largest absolute Gasteiger partial charge is 0.322 e. The van der Waals surface area contributed by atoms with Gasteiger partial charge in [0, 0.05) is 23.1 Å². The van der Waals surface area contributed by atoms with Crippen LogP contribution in [0, 0.1) is 0 Å². The molecule has 0 aliphatic heterocycles. The molecule has 4 rings (SSSR count). The first-order chi connectivity index (χ1) is 13.4. The van der Waals surface area contributed by atoms with Crippen LogP contribution in [0.1, 0.15) is 34.8 Å². The van der Waals surface area contributed by atoms with Gasteiger partial charge in [0.05, 0.1) is 11.8 Å². The van der Waals surface area contributed by atoms with Crippen LogP contribution in [0.25, 0.3) is 11.4 Å². The molecular weight excluding hydrogens is 378 g/mol. The second-order valence-corrected chi connectivity index (χ2v) is 9.12. The van der Waals surface area contributed by atoms with Crippen LogP contribution < -0.4 is 5.32 Å². The maximum absolute atomic E-state index is 12.6. The standard InChI is InChI=1S/C19H19N5O3S/c1-28(26,27)12-13-4-2-6-15(10-13)19(25)20-16-7-3-5-14(11-16)18-21-22-23-24(18)17-8-9-17/h2-7,10-11,17H,8-9,12H2,1H3,(H,20,25). The quantitative estimate of drug-likeness (QED) is 0.685. The van der Waals surface area contributed by atoms with E-state index >= 15 is 0 Å². The smallest absolute Gasteiger partial charge is 0.255 e. The Morgan fingerprint density at radius 1 is 1.18 bits per heavy atom. The predicted molar refractivity (Wildman–Crippen MR) is 104 cm³/mol. The molecule has 0 saturated heterocycles. The van der Waals surface area contributed by atoms with E-state index in [0.29, 0.717) is 28.7 Å². The molecular formula is C19H19N5O3S. The van der Waals surface area contributed by atoms with E-state index in [-0.39, 0.29) is 11.7 Å². The van der Waals surface area contributed by atoms with Crippen molar-refractivity contribution in [2.24, 2.45) is 0 Å². The summed E-state index contributed by atoms with van der Waals surface area (Å²) in [7, 11) is -3.17. The monoisotopic (exact) mass is 397 g/mol. The third-order valence-electron chi connectivity index (χ3n) is 4.38. The highest BCUT2D eigenvalue weighted by atomic mass is 32.2. The van der Waals surface area contributed by atoms with E-state index in [4.69, 9.17) is 0 Å². The van der Waals surface area contributed by atoms with Crippen molar-refractivity contribution in [3.8, 4) is 11.4 Å². The van der Waals surface area contributed by atoms with Gasteiger partial charge in [-0.1, -0.05) is 24.3 Å². The molecule has 2 aromatic carbocycles. The van der Waals surface area contributed by atoms with Crippen molar-refractivity contribution < 1.29 is 13.2 Å². The Bertz CT molecular complexity index is 1140. The number of aromatic nitrogens is 4. The Morgan fingerprint density at radius 3 is 2.71 bits per heavy atom. The summed E-state index contributed by atoms with van der Waals surface area (Å²) in [5, 5.41) is 14.8. The number of nitrogens with zero attached hydrogens (tertiary/aromatic N) is 4. The van der Waals surface area contributed by atoms with Crippen LogP contribution in [0.5, 0.6) is 0 Å². The number of nitrogens with one attached hydrogen (secondary N) is 1. The lowest BCUT2D eigenvalue weighted by atomic mass is 10.1. The number of amides is 1. The van der Waals surface area contributed by atoms with Gasteiger partial charge in [-0.3, -0.25) is 4.79 Å². The van der Waals surface area contributed by atoms with Crippen LogP contribution in [0.3, 0.4) is 0 Å². The second kappa shape index (κ2) is 7.16. The van der Waals surface area contributed by atoms with Crippen LogP contribution in [-0.2, 0) is 15.6 Å². The van der Waals surface area contributed by atoms with Crippen molar-refractivity contribution >= 4 is 21.4 Å². The fraction of sp³-hybridized carbons (Fsp3) is 0.263. The number of carbonyl (C=O) groups excluding carboxylic acids is 1. The molecule has 1 N–H and O–H groups in total. The molecule has 1 fully saturated rings. The zero-order chi connectivity index (χ0) is 19.7. The Labute approximate surface area is 162 Å². The van der Waals surface area contributed by atoms with Gasteiger partial charge in [-0.2, -0.15) is 0 Å². The van der Waals surface area contributed by atoms with Crippen LogP contribution in [0.2, 0.25) is 0 Å². The van der Waals surface area contributed by atoms with Gasteiger partial charge in [0.15, 0.2) is 15.7 Å². The number of tetrazole rings is 1. The van der Waals surface area contributed by atoms with Gasteiger partial charge in [0.1, 0.15) is 0 Å². The molecule has 1 heterocycles. The van der Waals surface area contributed by atoms with Crippen molar-refractivity contribution in [3.05, 3.63) is 59.7 Å². The molecule has 1 aliphatic rings. The molecule has 0 atom stereocenters. The summed E-state index contributed by atoms with van der Waals surface area (Å²) in [4.78, 5) is 12.6. The number of hydrogen-bond donors (Lipinski definition) is 1. The molecule has 0 bridgehead atoms.